The lowest BCUT2D eigenvalue weighted by atomic mass is 10.0. The molecule has 1 aromatic heterocycles. The van der Waals surface area contributed by atoms with Gasteiger partial charge in [-0.05, 0) is 26.2 Å². The molecule has 0 aliphatic rings. The van der Waals surface area contributed by atoms with E-state index in [0.717, 1.165) is 0 Å². The maximum absolute atomic E-state index is 12.8. The third kappa shape index (κ3) is 4.13. The first kappa shape index (κ1) is 19.7. The van der Waals surface area contributed by atoms with Crippen molar-refractivity contribution in [3.8, 4) is 0 Å². The average Bonchev–Trinajstić information content (AvgIpc) is 2.78. The molecule has 1 rings (SSSR count). The van der Waals surface area contributed by atoms with Gasteiger partial charge >= 0.3 is 5.97 Å². The number of nitrogens with zero attached hydrogens (tertiary/aromatic N) is 1. The number of ether oxygens (including phenoxy) is 1. The molecule has 0 fully saturated rings. The van der Waals surface area contributed by atoms with E-state index in [4.69, 9.17) is 10.2 Å². The van der Waals surface area contributed by atoms with Crippen molar-refractivity contribution in [2.45, 2.75) is 45.1 Å². The predicted octanol–water partition coefficient (Wildman–Crippen LogP) is 1.68. The van der Waals surface area contributed by atoms with Gasteiger partial charge in [-0.3, -0.25) is 0 Å². The van der Waals surface area contributed by atoms with Gasteiger partial charge in [0.25, 0.3) is 0 Å². The molecule has 0 aliphatic heterocycles. The normalized spacial score (nSPS) is 13.6. The van der Waals surface area contributed by atoms with E-state index in [1.165, 1.54) is 32.3 Å². The molecule has 7 nitrogen and oxygen atoms in total. The molecule has 1 atom stereocenters. The summed E-state index contributed by atoms with van der Waals surface area (Å²) in [4.78, 5) is 11.8. The minimum atomic E-state index is -3.87. The SMILES string of the molecule is COC(=O)c1c(C)oc(C)c1S(=O)(=O)N(C)CCC(N)C(C)C. The highest BCUT2D eigenvalue weighted by molar-refractivity contribution is 7.89. The molecule has 0 saturated carbocycles. The Labute approximate surface area is 137 Å². The highest BCUT2D eigenvalue weighted by Gasteiger charge is 2.34. The summed E-state index contributed by atoms with van der Waals surface area (Å²) in [5, 5.41) is 0. The topological polar surface area (TPSA) is 103 Å². The van der Waals surface area contributed by atoms with E-state index >= 15 is 0 Å². The number of aryl methyl sites for hydroxylation is 2. The number of hydrogen-bond donors (Lipinski definition) is 1. The lowest BCUT2D eigenvalue weighted by Crippen LogP contribution is -2.35. The summed E-state index contributed by atoms with van der Waals surface area (Å²) in [5.41, 5.74) is 5.92. The van der Waals surface area contributed by atoms with Crippen molar-refractivity contribution in [1.29, 1.82) is 0 Å². The van der Waals surface area contributed by atoms with Crippen LogP contribution < -0.4 is 5.73 Å². The third-order valence-electron chi connectivity index (χ3n) is 3.90. The van der Waals surface area contributed by atoms with Crippen molar-refractivity contribution in [3.63, 3.8) is 0 Å². The fraction of sp³-hybridized carbons (Fsp3) is 0.667. The standard InChI is InChI=1S/C15H26N2O5S/c1-9(2)12(16)7-8-17(5)23(19,20)14-11(4)22-10(3)13(14)15(18)21-6/h9,12H,7-8,16H2,1-6H3. The Morgan fingerprint density at radius 1 is 1.30 bits per heavy atom. The molecule has 0 aromatic carbocycles. The van der Waals surface area contributed by atoms with Gasteiger partial charge in [0, 0.05) is 19.6 Å². The molecule has 1 unspecified atom stereocenters. The van der Waals surface area contributed by atoms with E-state index in [2.05, 4.69) is 4.74 Å². The second-order valence-corrected chi connectivity index (χ2v) is 7.91. The Hall–Kier alpha value is -1.38. The second-order valence-electron chi connectivity index (χ2n) is 5.93. The molecular formula is C15H26N2O5S. The molecule has 0 saturated heterocycles. The Bertz CT molecular complexity index is 664. The Morgan fingerprint density at radius 2 is 1.87 bits per heavy atom. The fourth-order valence-electron chi connectivity index (χ4n) is 2.25. The Morgan fingerprint density at radius 3 is 2.35 bits per heavy atom. The number of furan rings is 1. The number of sulfonamides is 1. The summed E-state index contributed by atoms with van der Waals surface area (Å²) in [6.45, 7) is 7.27. The summed E-state index contributed by atoms with van der Waals surface area (Å²) >= 11 is 0. The number of carbonyl (C=O) groups excluding carboxylic acids is 1. The first-order valence-corrected chi connectivity index (χ1v) is 8.88. The van der Waals surface area contributed by atoms with Crippen LogP contribution in [-0.4, -0.2) is 45.4 Å². The lowest BCUT2D eigenvalue weighted by molar-refractivity contribution is 0.0594. The molecule has 2 N–H and O–H groups in total. The van der Waals surface area contributed by atoms with Gasteiger partial charge in [-0.15, -0.1) is 0 Å². The average molecular weight is 346 g/mol. The molecule has 1 aromatic rings. The number of carbonyl (C=O) groups is 1. The number of hydrogen-bond acceptors (Lipinski definition) is 6. The molecule has 23 heavy (non-hydrogen) atoms. The highest BCUT2D eigenvalue weighted by Crippen LogP contribution is 2.29. The van der Waals surface area contributed by atoms with Gasteiger partial charge in [-0.2, -0.15) is 0 Å². The third-order valence-corrected chi connectivity index (χ3v) is 5.91. The molecule has 0 spiro atoms. The molecule has 132 valence electrons. The molecule has 0 amide bonds. The van der Waals surface area contributed by atoms with Gasteiger partial charge in [-0.1, -0.05) is 13.8 Å². The summed E-state index contributed by atoms with van der Waals surface area (Å²) in [6, 6.07) is -0.0973. The van der Waals surface area contributed by atoms with Crippen LogP contribution in [0.25, 0.3) is 0 Å². The Balaban J connectivity index is 3.16. The molecular weight excluding hydrogens is 320 g/mol. The van der Waals surface area contributed by atoms with Gasteiger partial charge in [0.05, 0.1) is 7.11 Å². The van der Waals surface area contributed by atoms with Crippen LogP contribution in [0.2, 0.25) is 0 Å². The van der Waals surface area contributed by atoms with E-state index in [0.29, 0.717) is 6.42 Å². The zero-order valence-corrected chi connectivity index (χ0v) is 15.4. The van der Waals surface area contributed by atoms with Crippen LogP contribution in [-0.2, 0) is 14.8 Å². The quantitative estimate of drug-likeness (QED) is 0.754. The van der Waals surface area contributed by atoms with Crippen molar-refractivity contribution >= 4 is 16.0 Å². The maximum Gasteiger partial charge on any atom is 0.342 e. The number of nitrogens with two attached hydrogens (primary N) is 1. The zero-order valence-electron chi connectivity index (χ0n) is 14.5. The minimum Gasteiger partial charge on any atom is -0.465 e. The molecule has 0 radical (unpaired) electrons. The van der Waals surface area contributed by atoms with Gasteiger partial charge in [-0.25, -0.2) is 17.5 Å². The Kier molecular flexibility index (Phi) is 6.38. The first-order valence-electron chi connectivity index (χ1n) is 7.44. The van der Waals surface area contributed by atoms with Crippen molar-refractivity contribution in [2.75, 3.05) is 20.7 Å². The van der Waals surface area contributed by atoms with Gasteiger partial charge in [0.2, 0.25) is 10.0 Å². The van der Waals surface area contributed by atoms with E-state index in [1.54, 1.807) is 0 Å². The van der Waals surface area contributed by atoms with Crippen LogP contribution in [0.1, 0.15) is 42.1 Å². The number of esters is 1. The summed E-state index contributed by atoms with van der Waals surface area (Å²) in [6.07, 6.45) is 0.525. The van der Waals surface area contributed by atoms with E-state index < -0.39 is 16.0 Å². The molecule has 0 aliphatic carbocycles. The zero-order chi connectivity index (χ0) is 17.9. The van der Waals surface area contributed by atoms with Crippen molar-refractivity contribution in [2.24, 2.45) is 11.7 Å². The van der Waals surface area contributed by atoms with Crippen molar-refractivity contribution in [3.05, 3.63) is 17.1 Å². The predicted molar refractivity (Wildman–Crippen MR) is 86.8 cm³/mol. The van der Waals surface area contributed by atoms with Crippen LogP contribution in [0.5, 0.6) is 0 Å². The van der Waals surface area contributed by atoms with Gasteiger partial charge in [0.15, 0.2) is 0 Å². The van der Waals surface area contributed by atoms with E-state index in [1.807, 2.05) is 13.8 Å². The van der Waals surface area contributed by atoms with Crippen LogP contribution in [0.15, 0.2) is 9.31 Å². The van der Waals surface area contributed by atoms with Crippen molar-refractivity contribution < 1.29 is 22.4 Å². The van der Waals surface area contributed by atoms with Crippen LogP contribution >= 0.6 is 0 Å². The van der Waals surface area contributed by atoms with Crippen LogP contribution in [0, 0.1) is 19.8 Å². The van der Waals surface area contributed by atoms with E-state index in [9.17, 15) is 13.2 Å². The monoisotopic (exact) mass is 346 g/mol. The number of methoxy groups -OCH3 is 1. The molecule has 8 heteroatoms. The summed E-state index contributed by atoms with van der Waals surface area (Å²) in [7, 11) is -1.21. The summed E-state index contributed by atoms with van der Waals surface area (Å²) in [5.74, 6) is -0.0806. The summed E-state index contributed by atoms with van der Waals surface area (Å²) < 4.78 is 36.8. The van der Waals surface area contributed by atoms with E-state index in [-0.39, 0.29) is 40.5 Å². The fourth-order valence-corrected chi connectivity index (χ4v) is 3.80. The number of rotatable bonds is 7. The maximum atomic E-state index is 12.8. The molecule has 0 bridgehead atoms. The second kappa shape index (κ2) is 7.46. The highest BCUT2D eigenvalue weighted by atomic mass is 32.2. The smallest absolute Gasteiger partial charge is 0.342 e. The van der Waals surface area contributed by atoms with Crippen molar-refractivity contribution in [1.82, 2.24) is 4.31 Å². The van der Waals surface area contributed by atoms with Crippen LogP contribution in [0.4, 0.5) is 0 Å². The minimum absolute atomic E-state index is 0.0509. The lowest BCUT2D eigenvalue weighted by Gasteiger charge is -2.21. The largest absolute Gasteiger partial charge is 0.465 e. The van der Waals surface area contributed by atoms with Gasteiger partial charge < -0.3 is 14.9 Å². The van der Waals surface area contributed by atoms with Gasteiger partial charge in [0.1, 0.15) is 22.0 Å². The molecule has 1 heterocycles. The first-order chi connectivity index (χ1) is 10.5. The van der Waals surface area contributed by atoms with Crippen LogP contribution in [0.3, 0.4) is 0 Å².